The number of pyridine rings is 1. The number of hydrogen-bond donors (Lipinski definition) is 2. The van der Waals surface area contributed by atoms with Gasteiger partial charge in [-0.2, -0.15) is 0 Å². The summed E-state index contributed by atoms with van der Waals surface area (Å²) >= 11 is 5.61. The normalized spacial score (nSPS) is 11.4. The van der Waals surface area contributed by atoms with Crippen LogP contribution in [0.4, 0.5) is 0 Å². The Morgan fingerprint density at radius 3 is 2.27 bits per heavy atom. The van der Waals surface area contributed by atoms with Crippen LogP contribution in [0.5, 0.6) is 0 Å². The van der Waals surface area contributed by atoms with Gasteiger partial charge in [0, 0.05) is 25.5 Å². The fourth-order valence-electron chi connectivity index (χ4n) is 3.10. The summed E-state index contributed by atoms with van der Waals surface area (Å²) in [6, 6.07) is 23.9. The number of nitrogens with one attached hydrogen (secondary N) is 2. The molecule has 0 spiro atoms. The van der Waals surface area contributed by atoms with E-state index in [0.29, 0.717) is 18.2 Å². The van der Waals surface area contributed by atoms with Crippen molar-refractivity contribution >= 4 is 23.2 Å². The van der Waals surface area contributed by atoms with Gasteiger partial charge in [0.1, 0.15) is 0 Å². The highest BCUT2D eigenvalue weighted by Crippen LogP contribution is 2.11. The number of benzene rings is 2. The maximum absolute atomic E-state index is 12.4. The molecule has 0 unspecified atom stereocenters. The number of hydrogen-bond acceptors (Lipinski definition) is 3. The fraction of sp³-hybridized carbons (Fsp3) is 0.208. The van der Waals surface area contributed by atoms with Crippen molar-refractivity contribution in [3.05, 3.63) is 102 Å². The van der Waals surface area contributed by atoms with Crippen molar-refractivity contribution in [3.8, 4) is 0 Å². The van der Waals surface area contributed by atoms with Gasteiger partial charge in [-0.05, 0) is 41.9 Å². The highest BCUT2D eigenvalue weighted by atomic mass is 32.1. The van der Waals surface area contributed by atoms with Gasteiger partial charge in [0.15, 0.2) is 5.11 Å². The van der Waals surface area contributed by atoms with Crippen LogP contribution in [0.25, 0.3) is 0 Å². The van der Waals surface area contributed by atoms with E-state index in [1.807, 2.05) is 78.7 Å². The zero-order valence-corrected chi connectivity index (χ0v) is 17.8. The number of thiocarbonyl (C=S) groups is 1. The maximum atomic E-state index is 12.4. The van der Waals surface area contributed by atoms with Gasteiger partial charge in [0.05, 0.1) is 12.6 Å². The van der Waals surface area contributed by atoms with E-state index in [4.69, 9.17) is 12.2 Å². The lowest BCUT2D eigenvalue weighted by Gasteiger charge is -2.26. The third-order valence-electron chi connectivity index (χ3n) is 4.68. The first-order chi connectivity index (χ1) is 14.6. The van der Waals surface area contributed by atoms with Crippen molar-refractivity contribution in [1.82, 2.24) is 20.5 Å². The number of aromatic nitrogens is 1. The van der Waals surface area contributed by atoms with E-state index in [9.17, 15) is 4.79 Å². The lowest BCUT2D eigenvalue weighted by atomic mass is 10.1. The van der Waals surface area contributed by atoms with Gasteiger partial charge in [-0.25, -0.2) is 0 Å². The molecule has 0 aliphatic rings. The third-order valence-corrected chi connectivity index (χ3v) is 5.08. The van der Waals surface area contributed by atoms with Crippen molar-refractivity contribution in [3.63, 3.8) is 0 Å². The molecule has 1 aromatic heterocycles. The molecule has 3 rings (SSSR count). The topological polar surface area (TPSA) is 57.3 Å². The molecular weight excluding hydrogens is 392 g/mol. The number of carbonyl (C=O) groups excluding carboxylic acids is 1. The van der Waals surface area contributed by atoms with E-state index in [1.54, 1.807) is 6.20 Å². The van der Waals surface area contributed by atoms with E-state index >= 15 is 0 Å². The standard InChI is InChI=1S/C24H26N4OS/c1-19(22-12-6-3-7-13-22)27-23(29)16-26-24(30)28(17-20-9-4-2-5-10-20)18-21-11-8-14-25-15-21/h2-15,19H,16-18H2,1H3,(H,26,30)(H,27,29)/t19-/m1/s1. The molecule has 0 aliphatic heterocycles. The predicted molar refractivity (Wildman–Crippen MR) is 124 cm³/mol. The Balaban J connectivity index is 1.58. The molecule has 0 fully saturated rings. The van der Waals surface area contributed by atoms with Gasteiger partial charge in [0.25, 0.3) is 0 Å². The monoisotopic (exact) mass is 418 g/mol. The number of rotatable bonds is 8. The van der Waals surface area contributed by atoms with E-state index in [2.05, 4.69) is 27.8 Å². The van der Waals surface area contributed by atoms with E-state index < -0.39 is 0 Å². The largest absolute Gasteiger partial charge is 0.353 e. The average molecular weight is 419 g/mol. The first-order valence-electron chi connectivity index (χ1n) is 9.92. The molecule has 1 heterocycles. The number of carbonyl (C=O) groups is 1. The van der Waals surface area contributed by atoms with Gasteiger partial charge >= 0.3 is 0 Å². The Kier molecular flexibility index (Phi) is 7.92. The van der Waals surface area contributed by atoms with Crippen LogP contribution in [0.1, 0.15) is 29.7 Å². The Bertz CT molecular complexity index is 894. The first-order valence-corrected chi connectivity index (χ1v) is 10.3. The molecule has 30 heavy (non-hydrogen) atoms. The van der Waals surface area contributed by atoms with Gasteiger partial charge in [-0.15, -0.1) is 0 Å². The Morgan fingerprint density at radius 1 is 0.967 bits per heavy atom. The molecule has 154 valence electrons. The van der Waals surface area contributed by atoms with Gasteiger partial charge < -0.3 is 15.5 Å². The summed E-state index contributed by atoms with van der Waals surface area (Å²) in [7, 11) is 0. The Morgan fingerprint density at radius 2 is 1.60 bits per heavy atom. The second-order valence-corrected chi connectivity index (χ2v) is 7.45. The summed E-state index contributed by atoms with van der Waals surface area (Å²) in [4.78, 5) is 18.6. The molecule has 1 atom stereocenters. The lowest BCUT2D eigenvalue weighted by Crippen LogP contribution is -2.44. The minimum Gasteiger partial charge on any atom is -0.353 e. The predicted octanol–water partition coefficient (Wildman–Crippen LogP) is 3.84. The minimum atomic E-state index is -0.102. The molecule has 0 saturated carbocycles. The van der Waals surface area contributed by atoms with Gasteiger partial charge in [-0.3, -0.25) is 9.78 Å². The molecule has 0 saturated heterocycles. The van der Waals surface area contributed by atoms with Crippen LogP contribution < -0.4 is 10.6 Å². The summed E-state index contributed by atoms with van der Waals surface area (Å²) in [6.07, 6.45) is 3.58. The van der Waals surface area contributed by atoms with Gasteiger partial charge in [0.2, 0.25) is 5.91 Å². The number of amides is 1. The van der Waals surface area contributed by atoms with Crippen molar-refractivity contribution in [1.29, 1.82) is 0 Å². The molecule has 1 amide bonds. The van der Waals surface area contributed by atoms with Crippen LogP contribution in [0.15, 0.2) is 85.2 Å². The summed E-state index contributed by atoms with van der Waals surface area (Å²) in [5.41, 5.74) is 3.27. The molecule has 3 aromatic rings. The Labute approximate surface area is 183 Å². The molecule has 6 heteroatoms. The molecule has 5 nitrogen and oxygen atoms in total. The molecular formula is C24H26N4OS. The zero-order chi connectivity index (χ0) is 21.2. The minimum absolute atomic E-state index is 0.0649. The summed E-state index contributed by atoms with van der Waals surface area (Å²) in [5, 5.41) is 6.64. The SMILES string of the molecule is C[C@@H](NC(=O)CNC(=S)N(Cc1ccccc1)Cc1cccnc1)c1ccccc1. The second kappa shape index (κ2) is 11.1. The quantitative estimate of drug-likeness (QED) is 0.545. The lowest BCUT2D eigenvalue weighted by molar-refractivity contribution is -0.120. The van der Waals surface area contributed by atoms with Crippen molar-refractivity contribution in [2.75, 3.05) is 6.54 Å². The maximum Gasteiger partial charge on any atom is 0.239 e. The van der Waals surface area contributed by atoms with Crippen LogP contribution in [0.2, 0.25) is 0 Å². The van der Waals surface area contributed by atoms with Crippen LogP contribution in [0, 0.1) is 0 Å². The number of nitrogens with zero attached hydrogens (tertiary/aromatic N) is 2. The van der Waals surface area contributed by atoms with Crippen LogP contribution in [-0.4, -0.2) is 27.4 Å². The summed E-state index contributed by atoms with van der Waals surface area (Å²) in [5.74, 6) is -0.102. The third kappa shape index (κ3) is 6.67. The van der Waals surface area contributed by atoms with E-state index in [0.717, 1.165) is 16.7 Å². The molecule has 0 aliphatic carbocycles. The molecule has 0 bridgehead atoms. The summed E-state index contributed by atoms with van der Waals surface area (Å²) in [6.45, 7) is 3.34. The van der Waals surface area contributed by atoms with Crippen molar-refractivity contribution < 1.29 is 4.79 Å². The highest BCUT2D eigenvalue weighted by Gasteiger charge is 2.14. The van der Waals surface area contributed by atoms with Crippen LogP contribution in [0.3, 0.4) is 0 Å². The molecule has 0 radical (unpaired) electrons. The fourth-order valence-corrected chi connectivity index (χ4v) is 3.30. The second-order valence-electron chi connectivity index (χ2n) is 7.06. The molecule has 2 aromatic carbocycles. The first kappa shape index (κ1) is 21.5. The summed E-state index contributed by atoms with van der Waals surface area (Å²) < 4.78 is 0. The Hall–Kier alpha value is -3.25. The van der Waals surface area contributed by atoms with E-state index in [1.165, 1.54) is 0 Å². The van der Waals surface area contributed by atoms with Crippen molar-refractivity contribution in [2.45, 2.75) is 26.1 Å². The molecule has 2 N–H and O–H groups in total. The zero-order valence-electron chi connectivity index (χ0n) is 17.0. The average Bonchev–Trinajstić information content (AvgIpc) is 2.79. The van der Waals surface area contributed by atoms with Crippen LogP contribution in [-0.2, 0) is 17.9 Å². The van der Waals surface area contributed by atoms with Gasteiger partial charge in [-0.1, -0.05) is 66.7 Å². The van der Waals surface area contributed by atoms with Crippen LogP contribution >= 0.6 is 12.2 Å². The van der Waals surface area contributed by atoms with Crippen molar-refractivity contribution in [2.24, 2.45) is 0 Å². The smallest absolute Gasteiger partial charge is 0.239 e. The van der Waals surface area contributed by atoms with E-state index in [-0.39, 0.29) is 18.5 Å². The highest BCUT2D eigenvalue weighted by molar-refractivity contribution is 7.80.